The number of halogens is 3. The second kappa shape index (κ2) is 8.35. The summed E-state index contributed by atoms with van der Waals surface area (Å²) in [5.74, 6) is -0.218. The van der Waals surface area contributed by atoms with Crippen LogP contribution in [-0.2, 0) is 17.4 Å². The predicted octanol–water partition coefficient (Wildman–Crippen LogP) is 3.92. The van der Waals surface area contributed by atoms with Gasteiger partial charge in [-0.2, -0.15) is 13.2 Å². The van der Waals surface area contributed by atoms with E-state index in [1.165, 1.54) is 19.0 Å². The Balaban J connectivity index is 0.00000191. The number of nitrogens with zero attached hydrogens (tertiary/aromatic N) is 1. The number of carboxylic acid groups (broad SMARTS) is 1. The summed E-state index contributed by atoms with van der Waals surface area (Å²) in [6.45, 7) is 4.77. The summed E-state index contributed by atoms with van der Waals surface area (Å²) in [5, 5.41) is 17.7. The van der Waals surface area contributed by atoms with Gasteiger partial charge in [0.15, 0.2) is 0 Å². The van der Waals surface area contributed by atoms with Crippen LogP contribution in [0.2, 0.25) is 12.6 Å². The average molecular weight is 299 g/mol. The maximum Gasteiger partial charge on any atom is 0.416 e. The monoisotopic (exact) mass is 299 g/mol. The molecule has 0 saturated heterocycles. The number of hydrogen-bond acceptors (Lipinski definition) is 2. The fourth-order valence-electron chi connectivity index (χ4n) is 1.65. The number of alkyl halides is 3. The van der Waals surface area contributed by atoms with Crippen molar-refractivity contribution >= 4 is 12.7 Å². The topological polar surface area (TPSA) is 61.1 Å². The third kappa shape index (κ3) is 5.90. The van der Waals surface area contributed by atoms with Crippen molar-refractivity contribution in [2.75, 3.05) is 0 Å². The first-order chi connectivity index (χ1) is 9.75. The SMILES string of the molecule is CB(C#N)C(Cc1ccc(C(F)(F)F)cc1)C(=O)O.CC. The van der Waals surface area contributed by atoms with Crippen LogP contribution in [0.25, 0.3) is 0 Å². The van der Waals surface area contributed by atoms with Crippen molar-refractivity contribution in [2.24, 2.45) is 0 Å². The summed E-state index contributed by atoms with van der Waals surface area (Å²) in [7, 11) is 0. The van der Waals surface area contributed by atoms with Gasteiger partial charge in [0.1, 0.15) is 0 Å². The first-order valence-corrected chi connectivity index (χ1v) is 6.54. The number of carbonyl (C=O) groups is 1. The molecule has 0 aliphatic rings. The highest BCUT2D eigenvalue weighted by molar-refractivity contribution is 6.70. The van der Waals surface area contributed by atoms with Crippen molar-refractivity contribution < 1.29 is 23.1 Å². The molecular formula is C14H17BF3NO2. The lowest BCUT2D eigenvalue weighted by molar-refractivity contribution is -0.138. The minimum atomic E-state index is -4.41. The number of rotatable bonds is 4. The van der Waals surface area contributed by atoms with Gasteiger partial charge in [-0.05, 0) is 24.1 Å². The second-order valence-corrected chi connectivity index (χ2v) is 4.26. The minimum Gasteiger partial charge on any atom is -0.481 e. The number of benzene rings is 1. The summed E-state index contributed by atoms with van der Waals surface area (Å²) >= 11 is 0. The summed E-state index contributed by atoms with van der Waals surface area (Å²) in [5.41, 5.74) is -0.320. The van der Waals surface area contributed by atoms with E-state index in [2.05, 4.69) is 0 Å². The Labute approximate surface area is 122 Å². The van der Waals surface area contributed by atoms with Crippen molar-refractivity contribution in [3.8, 4) is 5.97 Å². The number of nitriles is 1. The van der Waals surface area contributed by atoms with Crippen LogP contribution in [0.5, 0.6) is 0 Å². The summed E-state index contributed by atoms with van der Waals surface area (Å²) < 4.78 is 37.1. The molecule has 21 heavy (non-hydrogen) atoms. The molecule has 0 fully saturated rings. The maximum atomic E-state index is 12.4. The zero-order valence-electron chi connectivity index (χ0n) is 12.1. The molecule has 0 radical (unpaired) electrons. The Kier molecular flexibility index (Phi) is 7.57. The molecule has 114 valence electrons. The quantitative estimate of drug-likeness (QED) is 0.857. The van der Waals surface area contributed by atoms with Crippen LogP contribution in [0.4, 0.5) is 13.2 Å². The van der Waals surface area contributed by atoms with Crippen molar-refractivity contribution in [3.05, 3.63) is 35.4 Å². The Bertz CT molecular complexity index is 494. The van der Waals surface area contributed by atoms with E-state index in [4.69, 9.17) is 10.4 Å². The van der Waals surface area contributed by atoms with Gasteiger partial charge in [0.2, 0.25) is 0 Å². The standard InChI is InChI=1S/C12H11BF3NO2.C2H6/c1-13(7-17)10(11(18)19)6-8-2-4-9(5-3-8)12(14,15)16;1-2/h2-5,10H,6H2,1H3,(H,18,19);1-2H3. The molecule has 0 amide bonds. The molecule has 0 saturated carbocycles. The van der Waals surface area contributed by atoms with Gasteiger partial charge >= 0.3 is 12.1 Å². The lowest BCUT2D eigenvalue weighted by atomic mass is 9.43. The third-order valence-corrected chi connectivity index (χ3v) is 2.86. The molecule has 0 spiro atoms. The van der Waals surface area contributed by atoms with E-state index in [-0.39, 0.29) is 6.42 Å². The first kappa shape index (κ1) is 19.0. The van der Waals surface area contributed by atoms with E-state index < -0.39 is 30.2 Å². The Morgan fingerprint density at radius 2 is 1.81 bits per heavy atom. The zero-order valence-corrected chi connectivity index (χ0v) is 12.1. The van der Waals surface area contributed by atoms with Crippen LogP contribution in [-0.4, -0.2) is 17.8 Å². The van der Waals surface area contributed by atoms with Crippen LogP contribution in [0.1, 0.15) is 25.0 Å². The molecular weight excluding hydrogens is 282 g/mol. The number of carboxylic acids is 1. The van der Waals surface area contributed by atoms with E-state index in [1.807, 2.05) is 19.8 Å². The molecule has 3 nitrogen and oxygen atoms in total. The fourth-order valence-corrected chi connectivity index (χ4v) is 1.65. The van der Waals surface area contributed by atoms with E-state index >= 15 is 0 Å². The van der Waals surface area contributed by atoms with Gasteiger partial charge in [0.05, 0.1) is 11.4 Å². The zero-order chi connectivity index (χ0) is 16.6. The van der Waals surface area contributed by atoms with Crippen molar-refractivity contribution in [3.63, 3.8) is 0 Å². The van der Waals surface area contributed by atoms with E-state index in [0.717, 1.165) is 12.1 Å². The minimum absolute atomic E-state index is 0.0300. The summed E-state index contributed by atoms with van der Waals surface area (Å²) in [4.78, 5) is 11.0. The lowest BCUT2D eigenvalue weighted by Gasteiger charge is -2.13. The van der Waals surface area contributed by atoms with Gasteiger partial charge in [-0.3, -0.25) is 4.79 Å². The smallest absolute Gasteiger partial charge is 0.416 e. The lowest BCUT2D eigenvalue weighted by Crippen LogP contribution is -2.25. The number of aliphatic carboxylic acids is 1. The van der Waals surface area contributed by atoms with E-state index in [9.17, 15) is 18.0 Å². The highest BCUT2D eigenvalue weighted by Crippen LogP contribution is 2.29. The third-order valence-electron chi connectivity index (χ3n) is 2.86. The molecule has 0 aromatic heterocycles. The molecule has 1 N–H and O–H groups in total. The van der Waals surface area contributed by atoms with Crippen LogP contribution < -0.4 is 0 Å². The Morgan fingerprint density at radius 1 is 1.33 bits per heavy atom. The van der Waals surface area contributed by atoms with Gasteiger partial charge in [0.25, 0.3) is 6.71 Å². The van der Waals surface area contributed by atoms with Gasteiger partial charge in [-0.1, -0.05) is 32.8 Å². The average Bonchev–Trinajstić information content (AvgIpc) is 2.45. The van der Waals surface area contributed by atoms with Crippen LogP contribution in [0.3, 0.4) is 0 Å². The largest absolute Gasteiger partial charge is 0.481 e. The molecule has 1 aromatic carbocycles. The fraction of sp³-hybridized carbons (Fsp3) is 0.429. The van der Waals surface area contributed by atoms with Crippen LogP contribution in [0.15, 0.2) is 24.3 Å². The molecule has 1 atom stereocenters. The predicted molar refractivity (Wildman–Crippen MR) is 75.1 cm³/mol. The highest BCUT2D eigenvalue weighted by Gasteiger charge is 2.31. The molecule has 1 unspecified atom stereocenters. The van der Waals surface area contributed by atoms with E-state index in [0.29, 0.717) is 5.56 Å². The summed E-state index contributed by atoms with van der Waals surface area (Å²) in [6, 6.07) is 4.29. The maximum absolute atomic E-state index is 12.4. The molecule has 0 aliphatic heterocycles. The first-order valence-electron chi connectivity index (χ1n) is 6.54. The van der Waals surface area contributed by atoms with Gasteiger partial charge in [0, 0.05) is 5.97 Å². The highest BCUT2D eigenvalue weighted by atomic mass is 19.4. The normalized spacial score (nSPS) is 11.7. The van der Waals surface area contributed by atoms with Crippen molar-refractivity contribution in [2.45, 2.75) is 39.1 Å². The van der Waals surface area contributed by atoms with Crippen LogP contribution in [0, 0.1) is 11.2 Å². The number of hydrogen-bond donors (Lipinski definition) is 1. The Hall–Kier alpha value is -1.97. The van der Waals surface area contributed by atoms with Gasteiger partial charge < -0.3 is 5.11 Å². The molecule has 0 heterocycles. The van der Waals surface area contributed by atoms with Crippen LogP contribution >= 0.6 is 0 Å². The second-order valence-electron chi connectivity index (χ2n) is 4.26. The molecule has 0 aliphatic carbocycles. The van der Waals surface area contributed by atoms with Crippen molar-refractivity contribution in [1.82, 2.24) is 0 Å². The van der Waals surface area contributed by atoms with Crippen molar-refractivity contribution in [1.29, 1.82) is 5.26 Å². The molecule has 0 bridgehead atoms. The Morgan fingerprint density at radius 3 is 2.14 bits per heavy atom. The molecule has 7 heteroatoms. The summed E-state index contributed by atoms with van der Waals surface area (Å²) in [6.07, 6.45) is -4.38. The van der Waals surface area contributed by atoms with Gasteiger partial charge in [-0.25, -0.2) is 5.26 Å². The molecule has 1 rings (SSSR count). The molecule has 1 aromatic rings. The van der Waals surface area contributed by atoms with E-state index in [1.54, 1.807) is 0 Å². The van der Waals surface area contributed by atoms with Gasteiger partial charge in [-0.15, -0.1) is 0 Å².